The third-order valence-corrected chi connectivity index (χ3v) is 2.17. The average Bonchev–Trinajstić information content (AvgIpc) is 2.46. The van der Waals surface area contributed by atoms with Gasteiger partial charge in [0.15, 0.2) is 0 Å². The van der Waals surface area contributed by atoms with Crippen LogP contribution < -0.4 is 5.32 Å². The van der Waals surface area contributed by atoms with Crippen LogP contribution in [-0.4, -0.2) is 6.04 Å². The van der Waals surface area contributed by atoms with Gasteiger partial charge in [-0.1, -0.05) is 17.7 Å². The minimum absolute atomic E-state index is 0.0261. The molecule has 12 heavy (non-hydrogen) atoms. The Morgan fingerprint density at radius 1 is 1.58 bits per heavy atom. The standard InChI is InChI=1S/C10H10N2/c1-7-2-3-10-8(4-7)5-9(6-11)12-10/h2-4,9,12H,5H2,1H3. The monoisotopic (exact) mass is 158 g/mol. The Hall–Kier alpha value is -1.49. The number of nitrogens with zero attached hydrogens (tertiary/aromatic N) is 1. The summed E-state index contributed by atoms with van der Waals surface area (Å²) in [6, 6.07) is 8.44. The maximum Gasteiger partial charge on any atom is 0.118 e. The molecule has 1 unspecified atom stereocenters. The molecule has 1 aromatic rings. The molecule has 1 heterocycles. The van der Waals surface area contributed by atoms with E-state index in [0.29, 0.717) is 0 Å². The molecule has 1 aromatic carbocycles. The highest BCUT2D eigenvalue weighted by molar-refractivity contribution is 5.59. The van der Waals surface area contributed by atoms with Gasteiger partial charge in [-0.05, 0) is 18.6 Å². The molecular formula is C10H10N2. The molecule has 2 nitrogen and oxygen atoms in total. The number of aryl methyl sites for hydroxylation is 1. The van der Waals surface area contributed by atoms with Crippen LogP contribution in [0, 0.1) is 18.3 Å². The van der Waals surface area contributed by atoms with Crippen molar-refractivity contribution in [2.75, 3.05) is 5.32 Å². The number of rotatable bonds is 0. The topological polar surface area (TPSA) is 35.8 Å². The molecule has 60 valence electrons. The number of fused-ring (bicyclic) bond motifs is 1. The van der Waals surface area contributed by atoms with Crippen LogP contribution in [-0.2, 0) is 6.42 Å². The van der Waals surface area contributed by atoms with Gasteiger partial charge in [0.2, 0.25) is 0 Å². The van der Waals surface area contributed by atoms with Crippen LogP contribution in [0.4, 0.5) is 5.69 Å². The third-order valence-electron chi connectivity index (χ3n) is 2.17. The first kappa shape index (κ1) is 7.17. The SMILES string of the molecule is Cc1ccc2c(c1)CC(C#N)N2. The number of hydrogen-bond acceptors (Lipinski definition) is 2. The highest BCUT2D eigenvalue weighted by Crippen LogP contribution is 2.25. The highest BCUT2D eigenvalue weighted by atomic mass is 14.9. The fourth-order valence-corrected chi connectivity index (χ4v) is 1.57. The molecule has 0 aromatic heterocycles. The van der Waals surface area contributed by atoms with Crippen LogP contribution in [0.5, 0.6) is 0 Å². The summed E-state index contributed by atoms with van der Waals surface area (Å²) in [5, 5.41) is 11.8. The summed E-state index contributed by atoms with van der Waals surface area (Å²) in [7, 11) is 0. The summed E-state index contributed by atoms with van der Waals surface area (Å²) in [6.07, 6.45) is 0.841. The number of nitriles is 1. The molecule has 0 radical (unpaired) electrons. The molecule has 0 saturated heterocycles. The van der Waals surface area contributed by atoms with E-state index in [9.17, 15) is 0 Å². The molecule has 0 amide bonds. The van der Waals surface area contributed by atoms with E-state index < -0.39 is 0 Å². The molecule has 0 fully saturated rings. The van der Waals surface area contributed by atoms with Gasteiger partial charge in [0, 0.05) is 12.1 Å². The van der Waals surface area contributed by atoms with Gasteiger partial charge in [0.25, 0.3) is 0 Å². The van der Waals surface area contributed by atoms with E-state index in [4.69, 9.17) is 5.26 Å². The van der Waals surface area contributed by atoms with Gasteiger partial charge in [-0.15, -0.1) is 0 Å². The van der Waals surface area contributed by atoms with E-state index in [1.54, 1.807) is 0 Å². The lowest BCUT2D eigenvalue weighted by Gasteiger charge is -1.99. The van der Waals surface area contributed by atoms with E-state index >= 15 is 0 Å². The van der Waals surface area contributed by atoms with Crippen LogP contribution in [0.25, 0.3) is 0 Å². The Balaban J connectivity index is 2.37. The van der Waals surface area contributed by atoms with Gasteiger partial charge in [0.1, 0.15) is 6.04 Å². The number of benzene rings is 1. The van der Waals surface area contributed by atoms with Gasteiger partial charge in [-0.3, -0.25) is 0 Å². The molecule has 1 aliphatic heterocycles. The maximum atomic E-state index is 8.69. The molecule has 2 rings (SSSR count). The van der Waals surface area contributed by atoms with E-state index in [1.165, 1.54) is 11.1 Å². The van der Waals surface area contributed by atoms with Crippen LogP contribution >= 0.6 is 0 Å². The molecule has 0 saturated carbocycles. The molecule has 1 N–H and O–H groups in total. The number of anilines is 1. The zero-order chi connectivity index (χ0) is 8.55. The first-order valence-corrected chi connectivity index (χ1v) is 4.05. The molecule has 1 aliphatic rings. The molecule has 0 spiro atoms. The fourth-order valence-electron chi connectivity index (χ4n) is 1.57. The second-order valence-corrected chi connectivity index (χ2v) is 3.19. The summed E-state index contributed by atoms with van der Waals surface area (Å²) < 4.78 is 0. The van der Waals surface area contributed by atoms with Gasteiger partial charge in [-0.25, -0.2) is 0 Å². The molecule has 0 aliphatic carbocycles. The van der Waals surface area contributed by atoms with Gasteiger partial charge in [0.05, 0.1) is 6.07 Å². The number of nitrogens with one attached hydrogen (secondary N) is 1. The van der Waals surface area contributed by atoms with Crippen molar-refractivity contribution >= 4 is 5.69 Å². The molecular weight excluding hydrogens is 148 g/mol. The predicted molar refractivity (Wildman–Crippen MR) is 47.9 cm³/mol. The lowest BCUT2D eigenvalue weighted by molar-refractivity contribution is 0.937. The lowest BCUT2D eigenvalue weighted by Crippen LogP contribution is -2.11. The van der Waals surface area contributed by atoms with E-state index in [2.05, 4.69) is 30.4 Å². The third kappa shape index (κ3) is 1.04. The Morgan fingerprint density at radius 3 is 3.17 bits per heavy atom. The van der Waals surface area contributed by atoms with E-state index in [1.807, 2.05) is 6.07 Å². The predicted octanol–water partition coefficient (Wildman–Crippen LogP) is 1.86. The second kappa shape index (κ2) is 2.53. The molecule has 0 bridgehead atoms. The summed E-state index contributed by atoms with van der Waals surface area (Å²) in [4.78, 5) is 0. The average molecular weight is 158 g/mol. The fraction of sp³-hybridized carbons (Fsp3) is 0.300. The smallest absolute Gasteiger partial charge is 0.118 e. The van der Waals surface area contributed by atoms with Crippen molar-refractivity contribution in [3.63, 3.8) is 0 Å². The van der Waals surface area contributed by atoms with Crippen molar-refractivity contribution in [3.05, 3.63) is 29.3 Å². The second-order valence-electron chi connectivity index (χ2n) is 3.19. The van der Waals surface area contributed by atoms with Gasteiger partial charge in [-0.2, -0.15) is 5.26 Å². The summed E-state index contributed by atoms with van der Waals surface area (Å²) in [6.45, 7) is 2.07. The Labute approximate surface area is 71.8 Å². The van der Waals surface area contributed by atoms with Crippen molar-refractivity contribution in [2.45, 2.75) is 19.4 Å². The van der Waals surface area contributed by atoms with Crippen LogP contribution in [0.2, 0.25) is 0 Å². The Bertz CT molecular complexity index is 349. The van der Waals surface area contributed by atoms with Crippen molar-refractivity contribution in [1.82, 2.24) is 0 Å². The Morgan fingerprint density at radius 2 is 2.42 bits per heavy atom. The van der Waals surface area contributed by atoms with Gasteiger partial charge < -0.3 is 5.32 Å². The molecule has 2 heteroatoms. The Kier molecular flexibility index (Phi) is 1.51. The van der Waals surface area contributed by atoms with Crippen LogP contribution in [0.15, 0.2) is 18.2 Å². The molecule has 1 atom stereocenters. The minimum Gasteiger partial charge on any atom is -0.369 e. The normalized spacial score (nSPS) is 19.5. The maximum absolute atomic E-state index is 8.69. The first-order chi connectivity index (χ1) is 5.79. The quantitative estimate of drug-likeness (QED) is 0.625. The summed E-state index contributed by atoms with van der Waals surface area (Å²) >= 11 is 0. The van der Waals surface area contributed by atoms with Crippen molar-refractivity contribution in [2.24, 2.45) is 0 Å². The summed E-state index contributed by atoms with van der Waals surface area (Å²) in [5.74, 6) is 0. The zero-order valence-corrected chi connectivity index (χ0v) is 6.96. The number of hydrogen-bond donors (Lipinski definition) is 1. The van der Waals surface area contributed by atoms with E-state index in [-0.39, 0.29) is 6.04 Å². The largest absolute Gasteiger partial charge is 0.369 e. The van der Waals surface area contributed by atoms with Crippen LogP contribution in [0.1, 0.15) is 11.1 Å². The van der Waals surface area contributed by atoms with Crippen LogP contribution in [0.3, 0.4) is 0 Å². The van der Waals surface area contributed by atoms with Crippen molar-refractivity contribution in [1.29, 1.82) is 5.26 Å². The van der Waals surface area contributed by atoms with Crippen molar-refractivity contribution < 1.29 is 0 Å². The zero-order valence-electron chi connectivity index (χ0n) is 6.96. The van der Waals surface area contributed by atoms with Gasteiger partial charge >= 0.3 is 0 Å². The van der Waals surface area contributed by atoms with Crippen molar-refractivity contribution in [3.8, 4) is 6.07 Å². The first-order valence-electron chi connectivity index (χ1n) is 4.05. The highest BCUT2D eigenvalue weighted by Gasteiger charge is 2.18. The summed E-state index contributed by atoms with van der Waals surface area (Å²) in [5.41, 5.74) is 3.64. The van der Waals surface area contributed by atoms with E-state index in [0.717, 1.165) is 12.1 Å². The minimum atomic E-state index is -0.0261. The lowest BCUT2D eigenvalue weighted by atomic mass is 10.1.